The number of amides is 1. The highest BCUT2D eigenvalue weighted by Gasteiger charge is 2.19. The summed E-state index contributed by atoms with van der Waals surface area (Å²) >= 11 is 0. The zero-order valence-electron chi connectivity index (χ0n) is 14.3. The van der Waals surface area contributed by atoms with E-state index in [4.69, 9.17) is 4.74 Å². The van der Waals surface area contributed by atoms with E-state index in [1.165, 1.54) is 11.4 Å². The molecule has 6 nitrogen and oxygen atoms in total. The molecule has 2 aromatic rings. The van der Waals surface area contributed by atoms with E-state index in [1.807, 2.05) is 30.3 Å². The van der Waals surface area contributed by atoms with Gasteiger partial charge in [0.15, 0.2) is 0 Å². The summed E-state index contributed by atoms with van der Waals surface area (Å²) in [4.78, 5) is 12.0. The van der Waals surface area contributed by atoms with Crippen molar-refractivity contribution in [2.45, 2.75) is 13.0 Å². The van der Waals surface area contributed by atoms with Crippen LogP contribution >= 0.6 is 0 Å². The Kier molecular flexibility index (Phi) is 6.55. The van der Waals surface area contributed by atoms with Crippen molar-refractivity contribution in [3.8, 4) is 5.75 Å². The van der Waals surface area contributed by atoms with Crippen LogP contribution in [0.3, 0.4) is 0 Å². The summed E-state index contributed by atoms with van der Waals surface area (Å²) in [6, 6.07) is 16.2. The fraction of sp³-hybridized carbons (Fsp3) is 0.278. The van der Waals surface area contributed by atoms with Crippen LogP contribution in [0.2, 0.25) is 0 Å². The van der Waals surface area contributed by atoms with Gasteiger partial charge in [-0.1, -0.05) is 30.3 Å². The minimum absolute atomic E-state index is 0.104. The Labute approximate surface area is 148 Å². The normalized spacial score (nSPS) is 11.3. The third kappa shape index (κ3) is 5.88. The Morgan fingerprint density at radius 3 is 2.32 bits per heavy atom. The first-order valence-electron chi connectivity index (χ1n) is 7.82. The highest BCUT2D eigenvalue weighted by atomic mass is 32.2. The predicted molar refractivity (Wildman–Crippen MR) is 97.9 cm³/mol. The van der Waals surface area contributed by atoms with Gasteiger partial charge in [0.1, 0.15) is 5.75 Å². The number of ether oxygens (including phenoxy) is 1. The van der Waals surface area contributed by atoms with Crippen molar-refractivity contribution < 1.29 is 17.9 Å². The van der Waals surface area contributed by atoms with Crippen molar-refractivity contribution in [2.75, 3.05) is 25.2 Å². The predicted octanol–water partition coefficient (Wildman–Crippen LogP) is 2.49. The van der Waals surface area contributed by atoms with E-state index in [0.29, 0.717) is 11.4 Å². The number of carbonyl (C=O) groups excluding carboxylic acids is 1. The van der Waals surface area contributed by atoms with E-state index in [-0.39, 0.29) is 24.6 Å². The van der Waals surface area contributed by atoms with Gasteiger partial charge in [-0.3, -0.25) is 4.79 Å². The molecule has 0 bridgehead atoms. The quantitative estimate of drug-likeness (QED) is 0.783. The second-order valence-corrected chi connectivity index (χ2v) is 7.78. The summed E-state index contributed by atoms with van der Waals surface area (Å²) in [6.45, 7) is 0.281. The van der Waals surface area contributed by atoms with Gasteiger partial charge in [-0.15, -0.1) is 0 Å². The van der Waals surface area contributed by atoms with Gasteiger partial charge in [0.05, 0.1) is 12.9 Å². The summed E-state index contributed by atoms with van der Waals surface area (Å²) in [7, 11) is -0.427. The molecule has 0 aliphatic heterocycles. The van der Waals surface area contributed by atoms with Gasteiger partial charge in [0.2, 0.25) is 15.9 Å². The van der Waals surface area contributed by atoms with Crippen molar-refractivity contribution in [3.05, 3.63) is 60.2 Å². The number of rotatable bonds is 8. The highest BCUT2D eigenvalue weighted by molar-refractivity contribution is 7.89. The van der Waals surface area contributed by atoms with Crippen molar-refractivity contribution in [1.29, 1.82) is 0 Å². The van der Waals surface area contributed by atoms with Crippen LogP contribution in [0.15, 0.2) is 54.6 Å². The number of hydrogen-bond donors (Lipinski definition) is 1. The fourth-order valence-electron chi connectivity index (χ4n) is 2.21. The number of nitrogens with zero attached hydrogens (tertiary/aromatic N) is 1. The third-order valence-corrected chi connectivity index (χ3v) is 5.48. The highest BCUT2D eigenvalue weighted by Crippen LogP contribution is 2.15. The molecule has 2 rings (SSSR count). The molecule has 0 heterocycles. The molecule has 134 valence electrons. The Morgan fingerprint density at radius 1 is 1.08 bits per heavy atom. The third-order valence-electron chi connectivity index (χ3n) is 3.68. The fourth-order valence-corrected chi connectivity index (χ4v) is 3.32. The number of anilines is 1. The maximum absolute atomic E-state index is 12.3. The van der Waals surface area contributed by atoms with Gasteiger partial charge in [-0.25, -0.2) is 12.7 Å². The molecular weight excluding hydrogens is 340 g/mol. The zero-order valence-corrected chi connectivity index (χ0v) is 15.1. The molecule has 0 saturated carbocycles. The number of carbonyl (C=O) groups is 1. The molecule has 0 saturated heterocycles. The van der Waals surface area contributed by atoms with E-state index in [9.17, 15) is 13.2 Å². The number of methoxy groups -OCH3 is 1. The second-order valence-electron chi connectivity index (χ2n) is 5.58. The zero-order chi connectivity index (χ0) is 18.3. The second kappa shape index (κ2) is 8.64. The minimum atomic E-state index is -3.50. The van der Waals surface area contributed by atoms with Crippen LogP contribution in [0.4, 0.5) is 5.69 Å². The molecule has 0 radical (unpaired) electrons. The van der Waals surface area contributed by atoms with Crippen molar-refractivity contribution in [3.63, 3.8) is 0 Å². The van der Waals surface area contributed by atoms with E-state index >= 15 is 0 Å². The van der Waals surface area contributed by atoms with Gasteiger partial charge in [0, 0.05) is 25.7 Å². The molecule has 1 N–H and O–H groups in total. The van der Waals surface area contributed by atoms with Gasteiger partial charge < -0.3 is 10.1 Å². The first kappa shape index (κ1) is 19.0. The first-order valence-corrected chi connectivity index (χ1v) is 9.43. The Morgan fingerprint density at radius 2 is 1.72 bits per heavy atom. The number of sulfonamides is 1. The lowest BCUT2D eigenvalue weighted by Gasteiger charge is -2.17. The van der Waals surface area contributed by atoms with E-state index in [0.717, 1.165) is 5.56 Å². The SMILES string of the molecule is COc1ccc(NC(=O)CCS(=O)(=O)N(C)Cc2ccccc2)cc1. The molecule has 0 aliphatic carbocycles. The number of benzene rings is 2. The Balaban J connectivity index is 1.86. The number of hydrogen-bond acceptors (Lipinski definition) is 4. The molecule has 25 heavy (non-hydrogen) atoms. The van der Waals surface area contributed by atoms with Crippen molar-refractivity contribution in [2.24, 2.45) is 0 Å². The van der Waals surface area contributed by atoms with E-state index < -0.39 is 10.0 Å². The van der Waals surface area contributed by atoms with Crippen LogP contribution < -0.4 is 10.1 Å². The molecule has 0 spiro atoms. The molecule has 7 heteroatoms. The smallest absolute Gasteiger partial charge is 0.225 e. The maximum atomic E-state index is 12.3. The molecule has 0 aromatic heterocycles. The lowest BCUT2D eigenvalue weighted by molar-refractivity contribution is -0.115. The minimum Gasteiger partial charge on any atom is -0.497 e. The van der Waals surface area contributed by atoms with Gasteiger partial charge in [-0.2, -0.15) is 0 Å². The standard InChI is InChI=1S/C18H22N2O4S/c1-20(14-15-6-4-3-5-7-15)25(22,23)13-12-18(21)19-16-8-10-17(24-2)11-9-16/h3-11H,12-14H2,1-2H3,(H,19,21). The lowest BCUT2D eigenvalue weighted by atomic mass is 10.2. The van der Waals surface area contributed by atoms with E-state index in [1.54, 1.807) is 31.4 Å². The Hall–Kier alpha value is -2.38. The molecular formula is C18H22N2O4S. The summed E-state index contributed by atoms with van der Waals surface area (Å²) in [5.41, 5.74) is 1.50. The topological polar surface area (TPSA) is 75.7 Å². The van der Waals surface area contributed by atoms with Gasteiger partial charge >= 0.3 is 0 Å². The molecule has 0 atom stereocenters. The van der Waals surface area contributed by atoms with Gasteiger partial charge in [-0.05, 0) is 29.8 Å². The van der Waals surface area contributed by atoms with Crippen LogP contribution in [-0.2, 0) is 21.4 Å². The van der Waals surface area contributed by atoms with Gasteiger partial charge in [0.25, 0.3) is 0 Å². The van der Waals surface area contributed by atoms with Crippen LogP contribution in [0.25, 0.3) is 0 Å². The number of nitrogens with one attached hydrogen (secondary N) is 1. The maximum Gasteiger partial charge on any atom is 0.225 e. The monoisotopic (exact) mass is 362 g/mol. The van der Waals surface area contributed by atoms with Crippen molar-refractivity contribution >= 4 is 21.6 Å². The van der Waals surface area contributed by atoms with Crippen LogP contribution in [0.5, 0.6) is 5.75 Å². The average molecular weight is 362 g/mol. The largest absolute Gasteiger partial charge is 0.497 e. The van der Waals surface area contributed by atoms with E-state index in [2.05, 4.69) is 5.32 Å². The molecule has 0 aliphatic rings. The molecule has 2 aromatic carbocycles. The van der Waals surface area contributed by atoms with Crippen LogP contribution in [-0.4, -0.2) is 38.5 Å². The molecule has 0 fully saturated rings. The summed E-state index contributed by atoms with van der Waals surface area (Å²) in [5, 5.41) is 2.68. The van der Waals surface area contributed by atoms with Crippen molar-refractivity contribution in [1.82, 2.24) is 4.31 Å². The summed E-state index contributed by atoms with van der Waals surface area (Å²) in [6.07, 6.45) is -0.104. The summed E-state index contributed by atoms with van der Waals surface area (Å²) in [5.74, 6) is 0.100. The average Bonchev–Trinajstić information content (AvgIpc) is 2.61. The first-order chi connectivity index (χ1) is 11.9. The Bertz CT molecular complexity index is 790. The molecule has 1 amide bonds. The summed E-state index contributed by atoms with van der Waals surface area (Å²) < 4.78 is 30.9. The lowest BCUT2D eigenvalue weighted by Crippen LogP contribution is -2.30. The van der Waals surface area contributed by atoms with Crippen LogP contribution in [0.1, 0.15) is 12.0 Å². The van der Waals surface area contributed by atoms with Crippen LogP contribution in [0, 0.1) is 0 Å². The molecule has 0 unspecified atom stereocenters.